The molecule has 2 aromatic carbocycles. The number of hydrogen-bond acceptors (Lipinski definition) is 9. The van der Waals surface area contributed by atoms with Crippen LogP contribution in [0, 0.1) is 6.92 Å². The van der Waals surface area contributed by atoms with E-state index in [0.29, 0.717) is 17.0 Å². The molecule has 13 heteroatoms. The van der Waals surface area contributed by atoms with Crippen molar-refractivity contribution in [2.75, 3.05) is 17.7 Å². The van der Waals surface area contributed by atoms with Gasteiger partial charge in [-0.1, -0.05) is 0 Å². The summed E-state index contributed by atoms with van der Waals surface area (Å²) in [5, 5.41) is 5.94. The van der Waals surface area contributed by atoms with Gasteiger partial charge in [0.1, 0.15) is 5.75 Å². The summed E-state index contributed by atoms with van der Waals surface area (Å²) in [6, 6.07) is 9.41. The van der Waals surface area contributed by atoms with E-state index >= 15 is 0 Å². The molecule has 2 N–H and O–H groups in total. The van der Waals surface area contributed by atoms with Gasteiger partial charge in [-0.25, -0.2) is 19.7 Å². The molecular weight excluding hydrogens is 469 g/mol. The van der Waals surface area contributed by atoms with Crippen molar-refractivity contribution >= 4 is 51.3 Å². The second-order valence-corrected chi connectivity index (χ2v) is 7.29. The van der Waals surface area contributed by atoms with Crippen LogP contribution in [0.5, 0.6) is 11.6 Å². The normalized spacial score (nSPS) is 11.4. The summed E-state index contributed by atoms with van der Waals surface area (Å²) in [4.78, 5) is 39.8. The quantitative estimate of drug-likeness (QED) is 0.401. The van der Waals surface area contributed by atoms with Gasteiger partial charge in [-0.15, -0.1) is 0 Å². The highest BCUT2D eigenvalue weighted by molar-refractivity contribution is 5.95. The number of fused-ring (bicyclic) bond motifs is 2. The molecule has 0 fully saturated rings. The van der Waals surface area contributed by atoms with Crippen LogP contribution in [0.25, 0.3) is 21.8 Å². The first kappa shape index (κ1) is 23.6. The zero-order valence-electron chi connectivity index (χ0n) is 18.5. The Morgan fingerprint density at radius 3 is 2.23 bits per heavy atom. The molecular formula is C22H17F3N6O4. The number of rotatable bonds is 5. The van der Waals surface area contributed by atoms with E-state index in [2.05, 4.69) is 35.3 Å². The van der Waals surface area contributed by atoms with Gasteiger partial charge < -0.3 is 14.8 Å². The lowest BCUT2D eigenvalue weighted by atomic mass is 10.2. The van der Waals surface area contributed by atoms with Gasteiger partial charge in [0.2, 0.25) is 23.7 Å². The SMILES string of the molecule is COc1ccc2nc(Nc3nc(OC(=O)C(F)(F)F)c4cc(NC(C)=O)ccc4n3)nc(C)c2c1. The van der Waals surface area contributed by atoms with Crippen LogP contribution in [0.3, 0.4) is 0 Å². The molecule has 0 bridgehead atoms. The Hall–Kier alpha value is -4.55. The lowest BCUT2D eigenvalue weighted by molar-refractivity contribution is -0.189. The Kier molecular flexibility index (Phi) is 6.07. The number of amides is 1. The number of hydrogen-bond donors (Lipinski definition) is 2. The van der Waals surface area contributed by atoms with Crippen LogP contribution in [0.1, 0.15) is 12.6 Å². The molecule has 10 nitrogen and oxygen atoms in total. The van der Waals surface area contributed by atoms with E-state index in [4.69, 9.17) is 4.74 Å². The predicted molar refractivity (Wildman–Crippen MR) is 120 cm³/mol. The molecule has 1 amide bonds. The lowest BCUT2D eigenvalue weighted by Gasteiger charge is -2.12. The largest absolute Gasteiger partial charge is 0.497 e. The highest BCUT2D eigenvalue weighted by Crippen LogP contribution is 2.30. The minimum atomic E-state index is -5.25. The number of nitrogens with one attached hydrogen (secondary N) is 2. The van der Waals surface area contributed by atoms with E-state index in [1.807, 2.05) is 0 Å². The fourth-order valence-electron chi connectivity index (χ4n) is 3.20. The van der Waals surface area contributed by atoms with Crippen LogP contribution in [0.2, 0.25) is 0 Å². The Morgan fingerprint density at radius 1 is 0.914 bits per heavy atom. The summed E-state index contributed by atoms with van der Waals surface area (Å²) < 4.78 is 48.3. The van der Waals surface area contributed by atoms with Crippen molar-refractivity contribution in [1.29, 1.82) is 0 Å². The first-order valence-corrected chi connectivity index (χ1v) is 10.0. The summed E-state index contributed by atoms with van der Waals surface area (Å²) in [5.74, 6) is -3.03. The van der Waals surface area contributed by atoms with E-state index in [0.717, 1.165) is 5.39 Å². The summed E-state index contributed by atoms with van der Waals surface area (Å²) in [5.41, 5.74) is 1.57. The Balaban J connectivity index is 1.77. The van der Waals surface area contributed by atoms with E-state index < -0.39 is 23.9 Å². The summed E-state index contributed by atoms with van der Waals surface area (Å²) in [7, 11) is 1.53. The number of carbonyl (C=O) groups is 2. The summed E-state index contributed by atoms with van der Waals surface area (Å²) in [6.07, 6.45) is -5.25. The van der Waals surface area contributed by atoms with E-state index in [1.165, 1.54) is 32.2 Å². The second kappa shape index (κ2) is 9.00. The molecule has 0 saturated heterocycles. The molecule has 180 valence electrons. The van der Waals surface area contributed by atoms with Crippen molar-refractivity contribution in [3.8, 4) is 11.6 Å². The molecule has 0 aliphatic heterocycles. The molecule has 0 saturated carbocycles. The summed E-state index contributed by atoms with van der Waals surface area (Å²) >= 11 is 0. The first-order valence-electron chi connectivity index (χ1n) is 10.0. The predicted octanol–water partition coefficient (Wildman–Crippen LogP) is 4.06. The smallest absolute Gasteiger partial charge is 0.491 e. The number of alkyl halides is 3. The van der Waals surface area contributed by atoms with Gasteiger partial charge in [-0.05, 0) is 43.3 Å². The lowest BCUT2D eigenvalue weighted by Crippen LogP contribution is -2.28. The number of methoxy groups -OCH3 is 1. The number of benzene rings is 2. The fourth-order valence-corrected chi connectivity index (χ4v) is 3.20. The third-order valence-electron chi connectivity index (χ3n) is 4.72. The molecule has 0 radical (unpaired) electrons. The molecule has 0 spiro atoms. The number of anilines is 3. The van der Waals surface area contributed by atoms with Crippen molar-refractivity contribution in [2.45, 2.75) is 20.0 Å². The standard InChI is InChI=1S/C22H17F3N6O4/c1-10-14-9-13(34-3)5-7-16(14)28-20(26-10)31-21-29-17-6-4-12(27-11(2)32)8-15(17)18(30-21)35-19(33)22(23,24)25/h4-9H,1-3H3,(H,27,32)(H,26,28,29,30,31). The van der Waals surface area contributed by atoms with Gasteiger partial charge in [0.15, 0.2) is 0 Å². The average Bonchev–Trinajstić information content (AvgIpc) is 2.78. The topological polar surface area (TPSA) is 128 Å². The van der Waals surface area contributed by atoms with Gasteiger partial charge in [0, 0.05) is 18.0 Å². The van der Waals surface area contributed by atoms with Crippen LogP contribution in [-0.4, -0.2) is 45.1 Å². The molecule has 4 rings (SSSR count). The number of halogens is 3. The van der Waals surface area contributed by atoms with Crippen molar-refractivity contribution in [3.05, 3.63) is 42.1 Å². The van der Waals surface area contributed by atoms with Gasteiger partial charge in [0.25, 0.3) is 0 Å². The number of nitrogens with zero attached hydrogens (tertiary/aromatic N) is 4. The minimum Gasteiger partial charge on any atom is -0.497 e. The number of aryl methyl sites for hydroxylation is 1. The van der Waals surface area contributed by atoms with Crippen molar-refractivity contribution in [2.24, 2.45) is 0 Å². The Labute approximate surface area is 195 Å². The van der Waals surface area contributed by atoms with E-state index in [1.54, 1.807) is 25.1 Å². The zero-order chi connectivity index (χ0) is 25.3. The monoisotopic (exact) mass is 486 g/mol. The Morgan fingerprint density at radius 2 is 1.57 bits per heavy atom. The van der Waals surface area contributed by atoms with Crippen LogP contribution in [-0.2, 0) is 9.59 Å². The zero-order valence-corrected chi connectivity index (χ0v) is 18.5. The van der Waals surface area contributed by atoms with E-state index in [9.17, 15) is 22.8 Å². The van der Waals surface area contributed by atoms with Gasteiger partial charge in [0.05, 0.1) is 29.2 Å². The third-order valence-corrected chi connectivity index (χ3v) is 4.72. The van der Waals surface area contributed by atoms with Crippen molar-refractivity contribution in [1.82, 2.24) is 19.9 Å². The molecule has 0 unspecified atom stereocenters. The number of ether oxygens (including phenoxy) is 2. The first-order chi connectivity index (χ1) is 16.5. The molecule has 0 atom stereocenters. The minimum absolute atomic E-state index is 0.0258. The van der Waals surface area contributed by atoms with E-state index in [-0.39, 0.29) is 28.5 Å². The molecule has 2 aromatic heterocycles. The Bertz CT molecular complexity index is 1480. The molecule has 2 heterocycles. The molecule has 4 aromatic rings. The van der Waals surface area contributed by atoms with Crippen molar-refractivity contribution < 1.29 is 32.2 Å². The van der Waals surface area contributed by atoms with Crippen LogP contribution >= 0.6 is 0 Å². The highest BCUT2D eigenvalue weighted by Gasteiger charge is 2.42. The van der Waals surface area contributed by atoms with Crippen molar-refractivity contribution in [3.63, 3.8) is 0 Å². The van der Waals surface area contributed by atoms with Crippen LogP contribution in [0.15, 0.2) is 36.4 Å². The van der Waals surface area contributed by atoms with Gasteiger partial charge in [-0.2, -0.15) is 18.2 Å². The second-order valence-electron chi connectivity index (χ2n) is 7.29. The number of aromatic nitrogens is 4. The summed E-state index contributed by atoms with van der Waals surface area (Å²) in [6.45, 7) is 3.01. The maximum absolute atomic E-state index is 12.9. The third kappa shape index (κ3) is 5.18. The molecule has 0 aliphatic carbocycles. The number of carbonyl (C=O) groups excluding carboxylic acids is 2. The fraction of sp³-hybridized carbons (Fsp3) is 0.182. The van der Waals surface area contributed by atoms with Crippen LogP contribution < -0.4 is 20.1 Å². The average molecular weight is 486 g/mol. The number of esters is 1. The van der Waals surface area contributed by atoms with Gasteiger partial charge in [-0.3, -0.25) is 10.1 Å². The van der Waals surface area contributed by atoms with Gasteiger partial charge >= 0.3 is 12.1 Å². The maximum atomic E-state index is 12.9. The molecule has 0 aliphatic rings. The highest BCUT2D eigenvalue weighted by atomic mass is 19.4. The molecule has 35 heavy (non-hydrogen) atoms. The van der Waals surface area contributed by atoms with Crippen LogP contribution in [0.4, 0.5) is 30.8 Å². The maximum Gasteiger partial charge on any atom is 0.491 e.